The summed E-state index contributed by atoms with van der Waals surface area (Å²) in [5.74, 6) is 0.392. The first-order valence-corrected chi connectivity index (χ1v) is 7.44. The molecule has 0 saturated carbocycles. The third kappa shape index (κ3) is 2.93. The third-order valence-electron chi connectivity index (χ3n) is 3.69. The maximum Gasteiger partial charge on any atom is 0.337 e. The summed E-state index contributed by atoms with van der Waals surface area (Å²) in [5.41, 5.74) is 6.74. The predicted molar refractivity (Wildman–Crippen MR) is 90.5 cm³/mol. The number of aromatic nitrogens is 2. The molecule has 6 nitrogen and oxygen atoms in total. The Morgan fingerprint density at radius 1 is 1.26 bits per heavy atom. The van der Waals surface area contributed by atoms with Crippen molar-refractivity contribution >= 4 is 33.5 Å². The van der Waals surface area contributed by atoms with Crippen molar-refractivity contribution in [2.24, 2.45) is 5.73 Å². The van der Waals surface area contributed by atoms with Crippen LogP contribution in [0.3, 0.4) is 0 Å². The van der Waals surface area contributed by atoms with E-state index >= 15 is 0 Å². The first-order chi connectivity index (χ1) is 11.2. The van der Waals surface area contributed by atoms with E-state index in [1.54, 1.807) is 18.3 Å². The summed E-state index contributed by atoms with van der Waals surface area (Å²) in [5, 5.41) is 6.24. The average molecular weight is 310 g/mol. The van der Waals surface area contributed by atoms with Gasteiger partial charge in [0.2, 0.25) is 0 Å². The second-order valence-corrected chi connectivity index (χ2v) is 5.17. The van der Waals surface area contributed by atoms with Crippen LogP contribution in [0.4, 0.5) is 5.82 Å². The molecule has 0 aliphatic heterocycles. The molecule has 0 aliphatic rings. The number of nitrogens with zero attached hydrogens (tertiary/aromatic N) is 2. The maximum atomic E-state index is 11.7. The standard InChI is InChI=1S/C17H18N4O2/c1-23-17(22)11-3-4-12-14-10-19-8-5-13(14)16(20-7-2-6-18)21-15(12)9-11/h3-5,8-10H,2,6-7,18H2,1H3,(H,20,21). The lowest BCUT2D eigenvalue weighted by atomic mass is 10.1. The van der Waals surface area contributed by atoms with E-state index in [1.807, 2.05) is 18.3 Å². The van der Waals surface area contributed by atoms with Crippen LogP contribution in [0, 0.1) is 0 Å². The Balaban J connectivity index is 2.17. The van der Waals surface area contributed by atoms with Crippen LogP contribution in [0.25, 0.3) is 21.7 Å². The molecule has 2 aromatic heterocycles. The number of hydrogen-bond acceptors (Lipinski definition) is 6. The van der Waals surface area contributed by atoms with Crippen molar-refractivity contribution in [2.45, 2.75) is 6.42 Å². The lowest BCUT2D eigenvalue weighted by Crippen LogP contribution is -2.10. The van der Waals surface area contributed by atoms with E-state index in [2.05, 4.69) is 15.3 Å². The van der Waals surface area contributed by atoms with Gasteiger partial charge in [-0.25, -0.2) is 9.78 Å². The van der Waals surface area contributed by atoms with Gasteiger partial charge in [-0.2, -0.15) is 0 Å². The number of hydrogen-bond donors (Lipinski definition) is 2. The molecule has 6 heteroatoms. The summed E-state index contributed by atoms with van der Waals surface area (Å²) in [6.07, 6.45) is 4.41. The van der Waals surface area contributed by atoms with Crippen LogP contribution in [0.2, 0.25) is 0 Å². The number of esters is 1. The summed E-state index contributed by atoms with van der Waals surface area (Å²) in [6.45, 7) is 1.36. The van der Waals surface area contributed by atoms with E-state index in [1.165, 1.54) is 7.11 Å². The molecular weight excluding hydrogens is 292 g/mol. The fraction of sp³-hybridized carbons (Fsp3) is 0.235. The van der Waals surface area contributed by atoms with Crippen molar-refractivity contribution in [2.75, 3.05) is 25.5 Å². The molecule has 0 saturated heterocycles. The van der Waals surface area contributed by atoms with Crippen molar-refractivity contribution in [1.29, 1.82) is 0 Å². The van der Waals surface area contributed by atoms with Gasteiger partial charge in [0.15, 0.2) is 0 Å². The Kier molecular flexibility index (Phi) is 4.34. The highest BCUT2D eigenvalue weighted by Gasteiger charge is 2.11. The number of benzene rings is 1. The highest BCUT2D eigenvalue weighted by Crippen LogP contribution is 2.29. The summed E-state index contributed by atoms with van der Waals surface area (Å²) >= 11 is 0. The number of ether oxygens (including phenoxy) is 1. The second-order valence-electron chi connectivity index (χ2n) is 5.17. The van der Waals surface area contributed by atoms with E-state index in [0.29, 0.717) is 12.1 Å². The van der Waals surface area contributed by atoms with E-state index in [4.69, 9.17) is 10.5 Å². The minimum Gasteiger partial charge on any atom is -0.465 e. The lowest BCUT2D eigenvalue weighted by molar-refractivity contribution is 0.0601. The normalized spacial score (nSPS) is 10.9. The molecular formula is C17H18N4O2. The molecule has 118 valence electrons. The predicted octanol–water partition coefficient (Wildman–Crippen LogP) is 2.33. The topological polar surface area (TPSA) is 90.1 Å². The van der Waals surface area contributed by atoms with Crippen LogP contribution in [-0.2, 0) is 4.74 Å². The molecule has 0 spiro atoms. The minimum absolute atomic E-state index is 0.377. The maximum absolute atomic E-state index is 11.7. The molecule has 0 bridgehead atoms. The highest BCUT2D eigenvalue weighted by atomic mass is 16.5. The zero-order chi connectivity index (χ0) is 16.2. The molecule has 2 heterocycles. The Bertz CT molecular complexity index is 864. The van der Waals surface area contributed by atoms with Gasteiger partial charge in [0.25, 0.3) is 0 Å². The number of methoxy groups -OCH3 is 1. The monoisotopic (exact) mass is 310 g/mol. The van der Waals surface area contributed by atoms with Gasteiger partial charge in [0.05, 0.1) is 18.2 Å². The molecule has 0 radical (unpaired) electrons. The highest BCUT2D eigenvalue weighted by molar-refractivity contribution is 6.10. The van der Waals surface area contributed by atoms with Crippen molar-refractivity contribution < 1.29 is 9.53 Å². The fourth-order valence-corrected chi connectivity index (χ4v) is 2.54. The minimum atomic E-state index is -0.377. The molecule has 0 amide bonds. The molecule has 0 aliphatic carbocycles. The fourth-order valence-electron chi connectivity index (χ4n) is 2.54. The Morgan fingerprint density at radius 3 is 2.91 bits per heavy atom. The van der Waals surface area contributed by atoms with E-state index in [-0.39, 0.29) is 5.97 Å². The number of fused-ring (bicyclic) bond motifs is 3. The van der Waals surface area contributed by atoms with Gasteiger partial charge in [-0.3, -0.25) is 4.98 Å². The second kappa shape index (κ2) is 6.58. The Hall–Kier alpha value is -2.73. The smallest absolute Gasteiger partial charge is 0.337 e. The zero-order valence-corrected chi connectivity index (χ0v) is 12.9. The van der Waals surface area contributed by atoms with E-state index < -0.39 is 0 Å². The van der Waals surface area contributed by atoms with Crippen LogP contribution >= 0.6 is 0 Å². The van der Waals surface area contributed by atoms with E-state index in [9.17, 15) is 4.79 Å². The van der Waals surface area contributed by atoms with Gasteiger partial charge in [-0.15, -0.1) is 0 Å². The lowest BCUT2D eigenvalue weighted by Gasteiger charge is -2.11. The summed E-state index contributed by atoms with van der Waals surface area (Å²) in [4.78, 5) is 20.6. The Morgan fingerprint density at radius 2 is 2.13 bits per heavy atom. The Labute approximate surface area is 133 Å². The van der Waals surface area contributed by atoms with Crippen LogP contribution in [0.1, 0.15) is 16.8 Å². The van der Waals surface area contributed by atoms with Gasteiger partial charge in [0, 0.05) is 35.1 Å². The summed E-state index contributed by atoms with van der Waals surface area (Å²) in [6, 6.07) is 7.29. The number of anilines is 1. The van der Waals surface area contributed by atoms with Gasteiger partial charge >= 0.3 is 5.97 Å². The molecule has 0 fully saturated rings. The number of pyridine rings is 2. The number of nitrogens with one attached hydrogen (secondary N) is 1. The molecule has 1 aromatic carbocycles. The van der Waals surface area contributed by atoms with Gasteiger partial charge in [0.1, 0.15) is 5.82 Å². The third-order valence-corrected chi connectivity index (χ3v) is 3.69. The van der Waals surface area contributed by atoms with Crippen molar-refractivity contribution in [1.82, 2.24) is 9.97 Å². The SMILES string of the molecule is COC(=O)c1ccc2c(c1)nc(NCCCN)c1ccncc12. The van der Waals surface area contributed by atoms with Crippen molar-refractivity contribution in [3.63, 3.8) is 0 Å². The molecule has 3 N–H and O–H groups in total. The quantitative estimate of drug-likeness (QED) is 0.427. The molecule has 0 atom stereocenters. The number of nitrogens with two attached hydrogens (primary N) is 1. The van der Waals surface area contributed by atoms with Crippen LogP contribution in [0.5, 0.6) is 0 Å². The van der Waals surface area contributed by atoms with E-state index in [0.717, 1.165) is 40.5 Å². The van der Waals surface area contributed by atoms with Gasteiger partial charge in [-0.1, -0.05) is 6.07 Å². The average Bonchev–Trinajstić information content (AvgIpc) is 2.60. The zero-order valence-electron chi connectivity index (χ0n) is 12.9. The van der Waals surface area contributed by atoms with Crippen LogP contribution in [0.15, 0.2) is 36.7 Å². The molecule has 0 unspecified atom stereocenters. The molecule has 3 aromatic rings. The van der Waals surface area contributed by atoms with Crippen LogP contribution in [-0.4, -0.2) is 36.1 Å². The first-order valence-electron chi connectivity index (χ1n) is 7.44. The van der Waals surface area contributed by atoms with Crippen molar-refractivity contribution in [3.8, 4) is 0 Å². The first kappa shape index (κ1) is 15.2. The largest absolute Gasteiger partial charge is 0.465 e. The summed E-state index contributed by atoms with van der Waals surface area (Å²) < 4.78 is 4.77. The number of rotatable bonds is 5. The molecule has 23 heavy (non-hydrogen) atoms. The van der Waals surface area contributed by atoms with Crippen molar-refractivity contribution in [3.05, 3.63) is 42.2 Å². The molecule has 3 rings (SSSR count). The van der Waals surface area contributed by atoms with Gasteiger partial charge in [-0.05, 0) is 31.2 Å². The van der Waals surface area contributed by atoms with Crippen LogP contribution < -0.4 is 11.1 Å². The van der Waals surface area contributed by atoms with Gasteiger partial charge < -0.3 is 15.8 Å². The summed E-state index contributed by atoms with van der Waals surface area (Å²) in [7, 11) is 1.37. The number of carbonyl (C=O) groups excluding carboxylic acids is 1. The number of carbonyl (C=O) groups is 1.